The molecule has 0 aliphatic rings. The van der Waals surface area contributed by atoms with Crippen LogP contribution >= 0.6 is 11.6 Å². The molecule has 2 aromatic rings. The maximum Gasteiger partial charge on any atom is 0.315 e. The van der Waals surface area contributed by atoms with Gasteiger partial charge in [-0.3, -0.25) is 4.79 Å². The number of nitrogens with one attached hydrogen (secondary N) is 3. The molecule has 3 N–H and O–H groups in total. The van der Waals surface area contributed by atoms with Crippen molar-refractivity contribution in [2.45, 2.75) is 6.42 Å². The number of anilines is 1. The number of hydrogen-bond acceptors (Lipinski definition) is 2. The van der Waals surface area contributed by atoms with E-state index < -0.39 is 41.6 Å². The Morgan fingerprint density at radius 2 is 1.77 bits per heavy atom. The predicted molar refractivity (Wildman–Crippen MR) is 91.5 cm³/mol. The zero-order valence-electron chi connectivity index (χ0n) is 13.4. The van der Waals surface area contributed by atoms with Gasteiger partial charge >= 0.3 is 6.03 Å². The summed E-state index contributed by atoms with van der Waals surface area (Å²) in [5, 5.41) is 7.44. The minimum atomic E-state index is -1.69. The molecule has 138 valence electrons. The fraction of sp³-hybridized carbons (Fsp3) is 0.176. The normalized spacial score (nSPS) is 10.3. The second-order valence-corrected chi connectivity index (χ2v) is 5.70. The van der Waals surface area contributed by atoms with Gasteiger partial charge in [0.05, 0.1) is 12.2 Å². The van der Waals surface area contributed by atoms with Gasteiger partial charge < -0.3 is 16.0 Å². The lowest BCUT2D eigenvalue weighted by molar-refractivity contribution is -0.115. The number of rotatable bonds is 6. The molecule has 0 saturated heterocycles. The van der Waals surface area contributed by atoms with Crippen LogP contribution in [0.1, 0.15) is 5.56 Å². The van der Waals surface area contributed by atoms with Gasteiger partial charge in [-0.25, -0.2) is 18.0 Å². The third kappa shape index (κ3) is 5.66. The van der Waals surface area contributed by atoms with Crippen molar-refractivity contribution in [3.63, 3.8) is 0 Å². The van der Waals surface area contributed by atoms with E-state index in [1.54, 1.807) is 18.2 Å². The molecule has 26 heavy (non-hydrogen) atoms. The lowest BCUT2D eigenvalue weighted by Crippen LogP contribution is -2.40. The Kier molecular flexibility index (Phi) is 6.85. The molecule has 2 aromatic carbocycles. The monoisotopic (exact) mass is 385 g/mol. The molecule has 0 aliphatic carbocycles. The molecule has 0 atom stereocenters. The average Bonchev–Trinajstić information content (AvgIpc) is 2.60. The summed E-state index contributed by atoms with van der Waals surface area (Å²) in [6.45, 7) is -0.160. The van der Waals surface area contributed by atoms with Gasteiger partial charge in [0, 0.05) is 11.6 Å². The van der Waals surface area contributed by atoms with Crippen molar-refractivity contribution in [3.05, 3.63) is 64.4 Å². The zero-order chi connectivity index (χ0) is 19.1. The quantitative estimate of drug-likeness (QED) is 0.668. The van der Waals surface area contributed by atoms with Gasteiger partial charge in [0.2, 0.25) is 5.91 Å². The minimum absolute atomic E-state index is 0.311. The van der Waals surface area contributed by atoms with Gasteiger partial charge in [-0.2, -0.15) is 0 Å². The Balaban J connectivity index is 1.73. The molecular weight excluding hydrogens is 371 g/mol. The highest BCUT2D eigenvalue weighted by Gasteiger charge is 2.15. The van der Waals surface area contributed by atoms with Crippen molar-refractivity contribution in [2.24, 2.45) is 0 Å². The van der Waals surface area contributed by atoms with Crippen LogP contribution in [0.25, 0.3) is 0 Å². The largest absolute Gasteiger partial charge is 0.338 e. The highest BCUT2D eigenvalue weighted by atomic mass is 35.5. The van der Waals surface area contributed by atoms with Gasteiger partial charge in [0.15, 0.2) is 17.5 Å². The number of hydrogen-bond donors (Lipinski definition) is 3. The third-order valence-electron chi connectivity index (χ3n) is 3.31. The Morgan fingerprint density at radius 3 is 2.50 bits per heavy atom. The molecule has 2 rings (SSSR count). The summed E-state index contributed by atoms with van der Waals surface area (Å²) in [5.74, 6) is -5.35. The molecule has 0 saturated carbocycles. The van der Waals surface area contributed by atoms with Crippen LogP contribution in [0.5, 0.6) is 0 Å². The number of halogens is 4. The molecular formula is C17H15ClF3N3O2. The second kappa shape index (κ2) is 9.10. The predicted octanol–water partition coefficient (Wildman–Crippen LogP) is 3.24. The van der Waals surface area contributed by atoms with Crippen molar-refractivity contribution in [1.29, 1.82) is 0 Å². The summed E-state index contributed by atoms with van der Waals surface area (Å²) in [6, 6.07) is 8.12. The van der Waals surface area contributed by atoms with E-state index in [4.69, 9.17) is 11.6 Å². The molecule has 0 unspecified atom stereocenters. The third-order valence-corrected chi connectivity index (χ3v) is 3.54. The van der Waals surface area contributed by atoms with Crippen LogP contribution in [0.4, 0.5) is 23.7 Å². The fourth-order valence-electron chi connectivity index (χ4n) is 2.05. The molecule has 0 heterocycles. The average molecular weight is 386 g/mol. The SMILES string of the molecule is O=C(CNC(=O)NCCc1cccc(Cl)c1)Nc1ccc(F)c(F)c1F. The maximum absolute atomic E-state index is 13.4. The fourth-order valence-corrected chi connectivity index (χ4v) is 2.27. The molecule has 0 fully saturated rings. The van der Waals surface area contributed by atoms with Gasteiger partial charge in [0.1, 0.15) is 0 Å². The van der Waals surface area contributed by atoms with E-state index in [-0.39, 0.29) is 0 Å². The summed E-state index contributed by atoms with van der Waals surface area (Å²) < 4.78 is 39.3. The van der Waals surface area contributed by atoms with Crippen LogP contribution < -0.4 is 16.0 Å². The second-order valence-electron chi connectivity index (χ2n) is 5.26. The van der Waals surface area contributed by atoms with E-state index in [1.807, 2.05) is 11.4 Å². The number of amides is 3. The van der Waals surface area contributed by atoms with Gasteiger partial charge in [-0.1, -0.05) is 23.7 Å². The Labute approximate surface area is 152 Å². The highest BCUT2D eigenvalue weighted by molar-refractivity contribution is 6.30. The van der Waals surface area contributed by atoms with E-state index in [1.165, 1.54) is 0 Å². The van der Waals surface area contributed by atoms with Crippen LogP contribution in [-0.4, -0.2) is 25.0 Å². The van der Waals surface area contributed by atoms with Crippen molar-refractivity contribution in [1.82, 2.24) is 10.6 Å². The van der Waals surface area contributed by atoms with Crippen molar-refractivity contribution in [2.75, 3.05) is 18.4 Å². The van der Waals surface area contributed by atoms with E-state index in [2.05, 4.69) is 10.6 Å². The molecule has 0 bridgehead atoms. The van der Waals surface area contributed by atoms with Crippen molar-refractivity contribution < 1.29 is 22.8 Å². The standard InChI is InChI=1S/C17H15ClF3N3O2/c18-11-3-1-2-10(8-11)6-7-22-17(26)23-9-14(25)24-13-5-4-12(19)15(20)16(13)21/h1-5,8H,6-7,9H2,(H,24,25)(H2,22,23,26). The first kappa shape index (κ1) is 19.6. The first-order chi connectivity index (χ1) is 12.4. The van der Waals surface area contributed by atoms with Crippen molar-refractivity contribution >= 4 is 29.2 Å². The van der Waals surface area contributed by atoms with Gasteiger partial charge in [-0.05, 0) is 36.2 Å². The van der Waals surface area contributed by atoms with E-state index in [9.17, 15) is 22.8 Å². The highest BCUT2D eigenvalue weighted by Crippen LogP contribution is 2.19. The van der Waals surface area contributed by atoms with Gasteiger partial charge in [0.25, 0.3) is 0 Å². The van der Waals surface area contributed by atoms with Crippen molar-refractivity contribution in [3.8, 4) is 0 Å². The first-order valence-corrected chi connectivity index (χ1v) is 7.94. The molecule has 0 radical (unpaired) electrons. The Bertz CT molecular complexity index is 818. The summed E-state index contributed by atoms with van der Waals surface area (Å²) in [4.78, 5) is 23.3. The summed E-state index contributed by atoms with van der Waals surface area (Å²) in [5.41, 5.74) is 0.418. The smallest absolute Gasteiger partial charge is 0.315 e. The lowest BCUT2D eigenvalue weighted by Gasteiger charge is -2.09. The molecule has 5 nitrogen and oxygen atoms in total. The van der Waals surface area contributed by atoms with Crippen LogP contribution in [0, 0.1) is 17.5 Å². The number of urea groups is 1. The summed E-state index contributed by atoms with van der Waals surface area (Å²) >= 11 is 5.85. The molecule has 0 spiro atoms. The topological polar surface area (TPSA) is 70.2 Å². The minimum Gasteiger partial charge on any atom is -0.338 e. The summed E-state index contributed by atoms with van der Waals surface area (Å²) in [6.07, 6.45) is 0.542. The van der Waals surface area contributed by atoms with E-state index in [0.29, 0.717) is 24.1 Å². The lowest BCUT2D eigenvalue weighted by atomic mass is 10.1. The molecule has 3 amide bonds. The number of carbonyl (C=O) groups is 2. The van der Waals surface area contributed by atoms with Crippen LogP contribution in [0.2, 0.25) is 5.02 Å². The molecule has 9 heteroatoms. The van der Waals surface area contributed by atoms with Gasteiger partial charge in [-0.15, -0.1) is 0 Å². The summed E-state index contributed by atoms with van der Waals surface area (Å²) in [7, 11) is 0. The zero-order valence-corrected chi connectivity index (χ0v) is 14.2. The molecule has 0 aromatic heterocycles. The Morgan fingerprint density at radius 1 is 1.00 bits per heavy atom. The Hall–Kier alpha value is -2.74. The van der Waals surface area contributed by atoms with Crippen LogP contribution in [0.15, 0.2) is 36.4 Å². The maximum atomic E-state index is 13.4. The first-order valence-electron chi connectivity index (χ1n) is 7.56. The van der Waals surface area contributed by atoms with Crippen LogP contribution in [-0.2, 0) is 11.2 Å². The number of carbonyl (C=O) groups excluding carboxylic acids is 2. The molecule has 0 aliphatic heterocycles. The van der Waals surface area contributed by atoms with E-state index >= 15 is 0 Å². The van der Waals surface area contributed by atoms with E-state index in [0.717, 1.165) is 11.6 Å². The van der Waals surface area contributed by atoms with Crippen LogP contribution in [0.3, 0.4) is 0 Å². The number of benzene rings is 2.